The monoisotopic (exact) mass is 679 g/mol. The van der Waals surface area contributed by atoms with Crippen LogP contribution in [0, 0.1) is 0 Å². The highest BCUT2D eigenvalue weighted by Gasteiger charge is 1.98. The van der Waals surface area contributed by atoms with E-state index >= 15 is 0 Å². The Hall–Kier alpha value is -2.37. The minimum absolute atomic E-state index is 0.343. The normalized spacial score (nSPS) is 10.1. The Morgan fingerprint density at radius 1 is 0.292 bits per heavy atom. The molecule has 1 aromatic carbocycles. The minimum atomic E-state index is -0.659. The smallest absolute Gasteiger partial charge is 0.303 e. The highest BCUT2D eigenvalue weighted by molar-refractivity contribution is 5.67. The maximum atomic E-state index is 10.2. The van der Waals surface area contributed by atoms with E-state index in [0.29, 0.717) is 19.3 Å². The largest absolute Gasteiger partial charge is 0.481 e. The number of carboxylic acids is 3. The lowest BCUT2D eigenvalue weighted by Crippen LogP contribution is -1.93. The second-order valence-electron chi connectivity index (χ2n) is 13.1. The summed E-state index contributed by atoms with van der Waals surface area (Å²) in [6.45, 7) is 6.68. The zero-order valence-corrected chi connectivity index (χ0v) is 31.7. The van der Waals surface area contributed by atoms with Crippen molar-refractivity contribution in [2.45, 2.75) is 213 Å². The van der Waals surface area contributed by atoms with Crippen molar-refractivity contribution in [2.24, 2.45) is 0 Å². The van der Waals surface area contributed by atoms with Crippen LogP contribution in [0.4, 0.5) is 0 Å². The van der Waals surface area contributed by atoms with Gasteiger partial charge in [0.2, 0.25) is 0 Å². The molecular weight excluding hydrogens is 600 g/mol. The molecule has 0 radical (unpaired) electrons. The molecule has 0 heterocycles. The van der Waals surface area contributed by atoms with E-state index in [0.717, 1.165) is 38.5 Å². The number of rotatable bonds is 30. The van der Waals surface area contributed by atoms with Gasteiger partial charge >= 0.3 is 17.9 Å². The maximum absolute atomic E-state index is 10.2. The van der Waals surface area contributed by atoms with E-state index in [4.69, 9.17) is 15.3 Å². The first kappa shape index (κ1) is 50.0. The van der Waals surface area contributed by atoms with Crippen LogP contribution in [0.15, 0.2) is 36.4 Å². The number of hydrogen-bond donors (Lipinski definition) is 3. The predicted molar refractivity (Wildman–Crippen MR) is 205 cm³/mol. The van der Waals surface area contributed by atoms with Gasteiger partial charge in [0.15, 0.2) is 0 Å². The summed E-state index contributed by atoms with van der Waals surface area (Å²) in [5.74, 6) is -1.98. The van der Waals surface area contributed by atoms with Gasteiger partial charge in [0.25, 0.3) is 0 Å². The average molecular weight is 679 g/mol. The molecule has 0 saturated carbocycles. The summed E-state index contributed by atoms with van der Waals surface area (Å²) in [5, 5.41) is 25.2. The van der Waals surface area contributed by atoms with E-state index in [2.05, 4.69) is 20.8 Å². The maximum Gasteiger partial charge on any atom is 0.303 e. The van der Waals surface area contributed by atoms with Gasteiger partial charge in [0.05, 0.1) is 0 Å². The molecule has 0 aromatic heterocycles. The lowest BCUT2D eigenvalue weighted by atomic mass is 10.1. The van der Waals surface area contributed by atoms with Gasteiger partial charge in [-0.15, -0.1) is 0 Å². The molecule has 0 amide bonds. The highest BCUT2D eigenvalue weighted by atomic mass is 16.4. The van der Waals surface area contributed by atoms with Crippen LogP contribution in [0.2, 0.25) is 0 Å². The summed E-state index contributed by atoms with van der Waals surface area (Å²) >= 11 is 0. The van der Waals surface area contributed by atoms with Crippen LogP contribution in [0.1, 0.15) is 213 Å². The van der Waals surface area contributed by atoms with Crippen molar-refractivity contribution in [1.29, 1.82) is 0 Å². The van der Waals surface area contributed by atoms with E-state index in [1.165, 1.54) is 135 Å². The first-order chi connectivity index (χ1) is 23.3. The fourth-order valence-corrected chi connectivity index (χ4v) is 5.15. The van der Waals surface area contributed by atoms with Gasteiger partial charge in [-0.05, 0) is 19.3 Å². The fraction of sp³-hybridized carbons (Fsp3) is 0.786. The Balaban J connectivity index is -0.000000580. The lowest BCUT2D eigenvalue weighted by molar-refractivity contribution is -0.138. The first-order valence-corrected chi connectivity index (χ1v) is 20.0. The molecule has 6 heteroatoms. The molecule has 48 heavy (non-hydrogen) atoms. The molecule has 1 aromatic rings. The highest BCUT2D eigenvalue weighted by Crippen LogP contribution is 2.12. The zero-order chi connectivity index (χ0) is 36.2. The molecule has 0 saturated heterocycles. The molecule has 0 aliphatic rings. The lowest BCUT2D eigenvalue weighted by Gasteiger charge is -2.00. The summed E-state index contributed by atoms with van der Waals surface area (Å²) in [4.78, 5) is 30.6. The number of aliphatic carboxylic acids is 3. The van der Waals surface area contributed by atoms with E-state index < -0.39 is 17.9 Å². The Labute approximate surface area is 296 Å². The van der Waals surface area contributed by atoms with Gasteiger partial charge in [-0.25, -0.2) is 0 Å². The molecule has 1 rings (SSSR count). The quantitative estimate of drug-likeness (QED) is 0.0698. The molecule has 0 spiro atoms. The summed E-state index contributed by atoms with van der Waals surface area (Å²) in [6, 6.07) is 12.0. The van der Waals surface area contributed by atoms with Gasteiger partial charge in [0.1, 0.15) is 0 Å². The summed E-state index contributed by atoms with van der Waals surface area (Å²) < 4.78 is 0. The van der Waals surface area contributed by atoms with Crippen molar-refractivity contribution >= 4 is 17.9 Å². The SMILES string of the molecule is CCCCCCCCCCCC(=O)O.CCCCCCCCCCCC(=O)O.CCCCCCCCCCCC(=O)O.c1ccccc1. The number of hydrogen-bond acceptors (Lipinski definition) is 3. The zero-order valence-electron chi connectivity index (χ0n) is 31.7. The molecule has 0 atom stereocenters. The van der Waals surface area contributed by atoms with E-state index in [1.54, 1.807) is 0 Å². The van der Waals surface area contributed by atoms with Gasteiger partial charge < -0.3 is 15.3 Å². The van der Waals surface area contributed by atoms with Gasteiger partial charge in [-0.1, -0.05) is 211 Å². The average Bonchev–Trinajstić information content (AvgIpc) is 3.07. The van der Waals surface area contributed by atoms with Gasteiger partial charge in [-0.3, -0.25) is 14.4 Å². The van der Waals surface area contributed by atoms with E-state index in [-0.39, 0.29) is 0 Å². The Morgan fingerprint density at radius 2 is 0.438 bits per heavy atom. The fourth-order valence-electron chi connectivity index (χ4n) is 5.15. The van der Waals surface area contributed by atoms with Crippen LogP contribution in [0.3, 0.4) is 0 Å². The molecular formula is C42H78O6. The number of carbonyl (C=O) groups is 3. The third kappa shape index (κ3) is 59.1. The first-order valence-electron chi connectivity index (χ1n) is 20.0. The van der Waals surface area contributed by atoms with Crippen LogP contribution >= 0.6 is 0 Å². The molecule has 0 bridgehead atoms. The van der Waals surface area contributed by atoms with Gasteiger partial charge in [-0.2, -0.15) is 0 Å². The molecule has 0 unspecified atom stereocenters. The molecule has 282 valence electrons. The molecule has 6 nitrogen and oxygen atoms in total. The number of benzene rings is 1. The molecule has 3 N–H and O–H groups in total. The summed E-state index contributed by atoms with van der Waals surface area (Å²) in [6.07, 6.45) is 34.4. The minimum Gasteiger partial charge on any atom is -0.481 e. The second-order valence-corrected chi connectivity index (χ2v) is 13.1. The Kier molecular flexibility index (Phi) is 48.7. The third-order valence-electron chi connectivity index (χ3n) is 8.15. The molecule has 0 fully saturated rings. The van der Waals surface area contributed by atoms with Crippen LogP contribution in [-0.4, -0.2) is 33.2 Å². The molecule has 0 aliphatic carbocycles. The van der Waals surface area contributed by atoms with Crippen molar-refractivity contribution in [3.63, 3.8) is 0 Å². The van der Waals surface area contributed by atoms with Crippen LogP contribution in [-0.2, 0) is 14.4 Å². The topological polar surface area (TPSA) is 112 Å². The van der Waals surface area contributed by atoms with E-state index in [1.807, 2.05) is 36.4 Å². The van der Waals surface area contributed by atoms with Crippen LogP contribution in [0.5, 0.6) is 0 Å². The molecule has 0 aliphatic heterocycles. The van der Waals surface area contributed by atoms with Crippen molar-refractivity contribution in [1.82, 2.24) is 0 Å². The number of carboxylic acid groups (broad SMARTS) is 3. The van der Waals surface area contributed by atoms with Crippen LogP contribution in [0.25, 0.3) is 0 Å². The van der Waals surface area contributed by atoms with Crippen molar-refractivity contribution in [3.8, 4) is 0 Å². The van der Waals surface area contributed by atoms with Crippen molar-refractivity contribution in [3.05, 3.63) is 36.4 Å². The van der Waals surface area contributed by atoms with Crippen molar-refractivity contribution in [2.75, 3.05) is 0 Å². The second kappa shape index (κ2) is 46.7. The summed E-state index contributed by atoms with van der Waals surface area (Å²) in [7, 11) is 0. The van der Waals surface area contributed by atoms with Crippen LogP contribution < -0.4 is 0 Å². The van der Waals surface area contributed by atoms with Gasteiger partial charge in [0, 0.05) is 19.3 Å². The van der Waals surface area contributed by atoms with Crippen molar-refractivity contribution < 1.29 is 29.7 Å². The standard InChI is InChI=1S/3C12H24O2.C6H6/c3*1-2-3-4-5-6-7-8-9-10-11-12(13)14;1-2-4-6-5-3-1/h3*2-11H2,1H3,(H,13,14);1-6H. The van der Waals surface area contributed by atoms with E-state index in [9.17, 15) is 14.4 Å². The predicted octanol–water partition coefficient (Wildman–Crippen LogP) is 13.7. The number of unbranched alkanes of at least 4 members (excludes halogenated alkanes) is 24. The Morgan fingerprint density at radius 3 is 0.583 bits per heavy atom. The third-order valence-corrected chi connectivity index (χ3v) is 8.15. The summed E-state index contributed by atoms with van der Waals surface area (Å²) in [5.41, 5.74) is 0. The Bertz CT molecular complexity index is 649.